The fraction of sp³-hybridized carbons (Fsp3) is 0.615. The zero-order valence-corrected chi connectivity index (χ0v) is 10.8. The van der Waals surface area contributed by atoms with E-state index < -0.39 is 0 Å². The molecule has 3 nitrogen and oxygen atoms in total. The van der Waals surface area contributed by atoms with Crippen LogP contribution in [0.3, 0.4) is 0 Å². The van der Waals surface area contributed by atoms with Gasteiger partial charge in [0.1, 0.15) is 5.76 Å². The number of rotatable bonds is 4. The van der Waals surface area contributed by atoms with Gasteiger partial charge in [0.15, 0.2) is 5.76 Å². The lowest BCUT2D eigenvalue weighted by Gasteiger charge is -2.27. The number of carbonyl (C=O) groups excluding carboxylic acids is 1. The summed E-state index contributed by atoms with van der Waals surface area (Å²) in [6.45, 7) is 2.00. The maximum atomic E-state index is 12.0. The van der Waals surface area contributed by atoms with E-state index in [9.17, 15) is 4.79 Å². The summed E-state index contributed by atoms with van der Waals surface area (Å²) >= 11 is 5.98. The molecule has 1 N–H and O–H groups in total. The summed E-state index contributed by atoms with van der Waals surface area (Å²) in [6.07, 6.45) is 4.98. The third-order valence-electron chi connectivity index (χ3n) is 3.43. The van der Waals surface area contributed by atoms with Crippen LogP contribution in [0.2, 0.25) is 0 Å². The first-order valence-corrected chi connectivity index (χ1v) is 6.70. The molecule has 94 valence electrons. The fourth-order valence-corrected chi connectivity index (χ4v) is 2.67. The SMILES string of the molecule is CCc1ccc(C(=O)NC2(CCl)CCCC2)o1. The smallest absolute Gasteiger partial charge is 0.287 e. The summed E-state index contributed by atoms with van der Waals surface area (Å²) in [4.78, 5) is 12.0. The Hall–Kier alpha value is -0.960. The summed E-state index contributed by atoms with van der Waals surface area (Å²) in [5.74, 6) is 1.55. The standard InChI is InChI=1S/C13H18ClNO2/c1-2-10-5-6-11(17-10)12(16)15-13(9-14)7-3-4-8-13/h5-6H,2-4,7-9H2,1H3,(H,15,16). The van der Waals surface area contributed by atoms with Crippen molar-refractivity contribution in [1.82, 2.24) is 5.32 Å². The molecule has 1 fully saturated rings. The van der Waals surface area contributed by atoms with Crippen LogP contribution in [0.25, 0.3) is 0 Å². The number of furan rings is 1. The van der Waals surface area contributed by atoms with Gasteiger partial charge in [0.2, 0.25) is 0 Å². The van der Waals surface area contributed by atoms with E-state index in [0.717, 1.165) is 37.9 Å². The van der Waals surface area contributed by atoms with E-state index in [0.29, 0.717) is 11.6 Å². The summed E-state index contributed by atoms with van der Waals surface area (Å²) in [7, 11) is 0. The Morgan fingerprint density at radius 1 is 1.47 bits per heavy atom. The molecule has 1 aliphatic carbocycles. The van der Waals surface area contributed by atoms with Crippen molar-refractivity contribution in [2.75, 3.05) is 5.88 Å². The molecule has 0 unspecified atom stereocenters. The van der Waals surface area contributed by atoms with Crippen LogP contribution in [0.4, 0.5) is 0 Å². The Labute approximate surface area is 107 Å². The molecular weight excluding hydrogens is 238 g/mol. The number of nitrogens with one attached hydrogen (secondary N) is 1. The Morgan fingerprint density at radius 2 is 2.18 bits per heavy atom. The number of aryl methyl sites for hydroxylation is 1. The maximum absolute atomic E-state index is 12.0. The van der Waals surface area contributed by atoms with Gasteiger partial charge in [-0.2, -0.15) is 0 Å². The highest BCUT2D eigenvalue weighted by atomic mass is 35.5. The number of carbonyl (C=O) groups is 1. The average molecular weight is 256 g/mol. The Balaban J connectivity index is 2.05. The van der Waals surface area contributed by atoms with Crippen molar-refractivity contribution in [3.63, 3.8) is 0 Å². The fourth-order valence-electron chi connectivity index (χ4n) is 2.34. The lowest BCUT2D eigenvalue weighted by atomic mass is 10.0. The Bertz CT molecular complexity index is 394. The van der Waals surface area contributed by atoms with Crippen molar-refractivity contribution in [3.8, 4) is 0 Å². The van der Waals surface area contributed by atoms with Gasteiger partial charge in [-0.1, -0.05) is 19.8 Å². The number of halogens is 1. The third kappa shape index (κ3) is 2.65. The first-order chi connectivity index (χ1) is 8.19. The van der Waals surface area contributed by atoms with Gasteiger partial charge in [0.25, 0.3) is 5.91 Å². The zero-order valence-electron chi connectivity index (χ0n) is 10.1. The van der Waals surface area contributed by atoms with Gasteiger partial charge in [0.05, 0.1) is 5.54 Å². The monoisotopic (exact) mass is 255 g/mol. The molecule has 1 amide bonds. The first-order valence-electron chi connectivity index (χ1n) is 6.16. The molecule has 0 spiro atoms. The van der Waals surface area contributed by atoms with Gasteiger partial charge in [-0.15, -0.1) is 11.6 Å². The van der Waals surface area contributed by atoms with E-state index in [1.165, 1.54) is 0 Å². The quantitative estimate of drug-likeness (QED) is 0.840. The van der Waals surface area contributed by atoms with Gasteiger partial charge in [0, 0.05) is 12.3 Å². The second-order valence-corrected chi connectivity index (χ2v) is 4.96. The highest BCUT2D eigenvalue weighted by molar-refractivity contribution is 6.19. The number of alkyl halides is 1. The molecule has 2 rings (SSSR count). The van der Waals surface area contributed by atoms with E-state index in [1.807, 2.05) is 13.0 Å². The summed E-state index contributed by atoms with van der Waals surface area (Å²) in [5, 5.41) is 3.03. The molecule has 0 bridgehead atoms. The van der Waals surface area contributed by atoms with Gasteiger partial charge >= 0.3 is 0 Å². The first kappa shape index (κ1) is 12.5. The molecule has 4 heteroatoms. The van der Waals surface area contributed by atoms with Crippen molar-refractivity contribution in [1.29, 1.82) is 0 Å². The molecule has 0 aromatic carbocycles. The molecule has 1 aromatic rings. The van der Waals surface area contributed by atoms with Crippen molar-refractivity contribution in [2.24, 2.45) is 0 Å². The molecule has 0 aliphatic heterocycles. The van der Waals surface area contributed by atoms with Crippen LogP contribution in [0.1, 0.15) is 48.9 Å². The Morgan fingerprint density at radius 3 is 2.71 bits per heavy atom. The number of hydrogen-bond donors (Lipinski definition) is 1. The zero-order chi connectivity index (χ0) is 12.3. The second kappa shape index (κ2) is 5.13. The molecule has 0 saturated heterocycles. The van der Waals surface area contributed by atoms with E-state index in [2.05, 4.69) is 5.32 Å². The van der Waals surface area contributed by atoms with Crippen LogP contribution in [-0.4, -0.2) is 17.3 Å². The Kier molecular flexibility index (Phi) is 3.77. The minimum absolute atomic E-state index is 0.146. The van der Waals surface area contributed by atoms with Crippen molar-refractivity contribution < 1.29 is 9.21 Å². The predicted octanol–water partition coefficient (Wildman–Crippen LogP) is 3.12. The van der Waals surface area contributed by atoms with Gasteiger partial charge in [-0.3, -0.25) is 4.79 Å². The lowest BCUT2D eigenvalue weighted by Crippen LogP contribution is -2.47. The van der Waals surface area contributed by atoms with Gasteiger partial charge < -0.3 is 9.73 Å². The summed E-state index contributed by atoms with van der Waals surface area (Å²) in [6, 6.07) is 3.57. The third-order valence-corrected chi connectivity index (χ3v) is 3.94. The summed E-state index contributed by atoms with van der Waals surface area (Å²) in [5.41, 5.74) is -0.224. The molecule has 0 radical (unpaired) electrons. The van der Waals surface area contributed by atoms with E-state index >= 15 is 0 Å². The van der Waals surface area contributed by atoms with Gasteiger partial charge in [-0.25, -0.2) is 0 Å². The molecular formula is C13H18ClNO2. The van der Waals surface area contributed by atoms with Crippen LogP contribution in [-0.2, 0) is 6.42 Å². The lowest BCUT2D eigenvalue weighted by molar-refractivity contribution is 0.0879. The van der Waals surface area contributed by atoms with Crippen LogP contribution in [0.5, 0.6) is 0 Å². The number of hydrogen-bond acceptors (Lipinski definition) is 2. The predicted molar refractivity (Wildman–Crippen MR) is 67.5 cm³/mol. The minimum Gasteiger partial charge on any atom is -0.456 e. The van der Waals surface area contributed by atoms with Gasteiger partial charge in [-0.05, 0) is 25.0 Å². The van der Waals surface area contributed by atoms with E-state index in [4.69, 9.17) is 16.0 Å². The molecule has 17 heavy (non-hydrogen) atoms. The van der Waals surface area contributed by atoms with Crippen molar-refractivity contribution in [2.45, 2.75) is 44.6 Å². The average Bonchev–Trinajstić information content (AvgIpc) is 2.97. The highest BCUT2D eigenvalue weighted by Gasteiger charge is 2.35. The molecule has 1 heterocycles. The number of amides is 1. The molecule has 1 aromatic heterocycles. The van der Waals surface area contributed by atoms with E-state index in [1.54, 1.807) is 6.07 Å². The maximum Gasteiger partial charge on any atom is 0.287 e. The normalized spacial score (nSPS) is 18.2. The van der Waals surface area contributed by atoms with Crippen LogP contribution < -0.4 is 5.32 Å². The highest BCUT2D eigenvalue weighted by Crippen LogP contribution is 2.31. The minimum atomic E-state index is -0.224. The van der Waals surface area contributed by atoms with Crippen LogP contribution >= 0.6 is 11.6 Å². The van der Waals surface area contributed by atoms with Crippen LogP contribution in [0.15, 0.2) is 16.5 Å². The molecule has 1 saturated carbocycles. The largest absolute Gasteiger partial charge is 0.456 e. The van der Waals surface area contributed by atoms with E-state index in [-0.39, 0.29) is 11.4 Å². The van der Waals surface area contributed by atoms with Crippen molar-refractivity contribution in [3.05, 3.63) is 23.7 Å². The topological polar surface area (TPSA) is 42.2 Å². The summed E-state index contributed by atoms with van der Waals surface area (Å²) < 4.78 is 5.44. The van der Waals surface area contributed by atoms with Crippen molar-refractivity contribution >= 4 is 17.5 Å². The van der Waals surface area contributed by atoms with Crippen LogP contribution in [0, 0.1) is 0 Å². The second-order valence-electron chi connectivity index (χ2n) is 4.69. The molecule has 1 aliphatic rings. The molecule has 0 atom stereocenters.